The summed E-state index contributed by atoms with van der Waals surface area (Å²) < 4.78 is 5.61. The molecule has 0 amide bonds. The van der Waals surface area contributed by atoms with Crippen molar-refractivity contribution in [3.63, 3.8) is 0 Å². The molecule has 1 unspecified atom stereocenters. The highest BCUT2D eigenvalue weighted by molar-refractivity contribution is 5.69. The van der Waals surface area contributed by atoms with Gasteiger partial charge in [0, 0.05) is 12.8 Å². The zero-order valence-corrected chi connectivity index (χ0v) is 25.4. The van der Waals surface area contributed by atoms with Gasteiger partial charge in [-0.25, -0.2) is 0 Å². The zero-order chi connectivity index (χ0) is 27.1. The van der Waals surface area contributed by atoms with E-state index in [1.165, 1.54) is 148 Å². The molecule has 0 aliphatic rings. The third kappa shape index (κ3) is 29.5. The largest absolute Gasteiger partial charge is 0.462 e. The molecule has 0 saturated heterocycles. The van der Waals surface area contributed by atoms with Crippen molar-refractivity contribution in [2.45, 2.75) is 206 Å². The van der Waals surface area contributed by atoms with Gasteiger partial charge in [0.25, 0.3) is 0 Å². The first-order chi connectivity index (χ1) is 18.2. The summed E-state index contributed by atoms with van der Waals surface area (Å²) in [6.07, 6.45) is 36.8. The van der Waals surface area contributed by atoms with E-state index in [4.69, 9.17) is 4.74 Å². The molecule has 0 fully saturated rings. The molecule has 220 valence electrons. The van der Waals surface area contributed by atoms with Crippen molar-refractivity contribution < 1.29 is 14.3 Å². The van der Waals surface area contributed by atoms with Gasteiger partial charge in [-0.05, 0) is 19.3 Å². The quantitative estimate of drug-likeness (QED) is 0.0516. The van der Waals surface area contributed by atoms with E-state index in [2.05, 4.69) is 13.8 Å². The molecule has 0 heterocycles. The third-order valence-corrected chi connectivity index (χ3v) is 7.77. The highest BCUT2D eigenvalue weighted by Crippen LogP contribution is 2.16. The molecule has 0 spiro atoms. The van der Waals surface area contributed by atoms with Crippen molar-refractivity contribution in [2.24, 2.45) is 0 Å². The summed E-state index contributed by atoms with van der Waals surface area (Å²) in [5.74, 6) is -0.108. The molecule has 0 radical (unpaired) electrons. The SMILES string of the molecule is CCCCCCCCCCCCCCCCCCCCC(=O)OC(CC=O)CCCCCCCCCC. The van der Waals surface area contributed by atoms with Gasteiger partial charge < -0.3 is 9.53 Å². The van der Waals surface area contributed by atoms with E-state index in [1.807, 2.05) is 0 Å². The molecule has 0 N–H and O–H groups in total. The van der Waals surface area contributed by atoms with Crippen molar-refractivity contribution in [2.75, 3.05) is 0 Å². The average Bonchev–Trinajstić information content (AvgIpc) is 2.89. The minimum absolute atomic E-state index is 0.108. The van der Waals surface area contributed by atoms with E-state index in [0.29, 0.717) is 12.8 Å². The van der Waals surface area contributed by atoms with Crippen LogP contribution in [0.5, 0.6) is 0 Å². The predicted molar refractivity (Wildman–Crippen MR) is 161 cm³/mol. The first-order valence-electron chi connectivity index (χ1n) is 16.9. The summed E-state index contributed by atoms with van der Waals surface area (Å²) in [5, 5.41) is 0. The van der Waals surface area contributed by atoms with Gasteiger partial charge >= 0.3 is 5.97 Å². The van der Waals surface area contributed by atoms with Crippen LogP contribution in [0.25, 0.3) is 0 Å². The van der Waals surface area contributed by atoms with E-state index in [0.717, 1.165) is 32.0 Å². The normalized spacial score (nSPS) is 12.1. The summed E-state index contributed by atoms with van der Waals surface area (Å²) >= 11 is 0. The van der Waals surface area contributed by atoms with E-state index < -0.39 is 0 Å². The molecule has 3 heteroatoms. The summed E-state index contributed by atoms with van der Waals surface area (Å²) in [6.45, 7) is 4.53. The maximum absolute atomic E-state index is 12.2. The number of hydrogen-bond donors (Lipinski definition) is 0. The van der Waals surface area contributed by atoms with Crippen molar-refractivity contribution in [1.82, 2.24) is 0 Å². The number of ether oxygens (including phenoxy) is 1. The second-order valence-corrected chi connectivity index (χ2v) is 11.5. The average molecular weight is 523 g/mol. The Morgan fingerprint density at radius 3 is 1.19 bits per heavy atom. The fraction of sp³-hybridized carbons (Fsp3) is 0.941. The molecule has 0 aromatic rings. The first kappa shape index (κ1) is 36.1. The Kier molecular flexibility index (Phi) is 30.6. The van der Waals surface area contributed by atoms with Crippen molar-refractivity contribution >= 4 is 12.3 Å². The molecule has 0 aliphatic heterocycles. The van der Waals surface area contributed by atoms with Gasteiger partial charge in [-0.2, -0.15) is 0 Å². The standard InChI is InChI=1S/C34H66O3/c1-3-5-7-9-11-13-14-15-16-17-18-19-20-21-22-24-26-28-30-34(36)37-33(31-32-35)29-27-25-23-12-10-8-6-4-2/h32-33H,3-31H2,1-2H3. The number of carbonyl (C=O) groups excluding carboxylic acids is 2. The smallest absolute Gasteiger partial charge is 0.306 e. The molecular weight excluding hydrogens is 456 g/mol. The minimum Gasteiger partial charge on any atom is -0.462 e. The lowest BCUT2D eigenvalue weighted by Gasteiger charge is -2.15. The number of rotatable bonds is 31. The second kappa shape index (κ2) is 31.4. The molecular formula is C34H66O3. The van der Waals surface area contributed by atoms with Gasteiger partial charge in [-0.3, -0.25) is 4.79 Å². The maximum atomic E-state index is 12.2. The van der Waals surface area contributed by atoms with Gasteiger partial charge in [-0.15, -0.1) is 0 Å². The molecule has 0 bridgehead atoms. The molecule has 3 nitrogen and oxygen atoms in total. The first-order valence-corrected chi connectivity index (χ1v) is 16.9. The second-order valence-electron chi connectivity index (χ2n) is 11.5. The van der Waals surface area contributed by atoms with Crippen LogP contribution in [0.15, 0.2) is 0 Å². The molecule has 1 atom stereocenters. The summed E-state index contributed by atoms with van der Waals surface area (Å²) in [6, 6.07) is 0. The van der Waals surface area contributed by atoms with Crippen LogP contribution in [-0.4, -0.2) is 18.4 Å². The Morgan fingerprint density at radius 2 is 0.838 bits per heavy atom. The van der Waals surface area contributed by atoms with Gasteiger partial charge in [0.15, 0.2) is 0 Å². The topological polar surface area (TPSA) is 43.4 Å². The molecule has 0 rings (SSSR count). The van der Waals surface area contributed by atoms with Crippen LogP contribution in [0.1, 0.15) is 200 Å². The van der Waals surface area contributed by atoms with Crippen LogP contribution < -0.4 is 0 Å². The van der Waals surface area contributed by atoms with Crippen LogP contribution in [0.3, 0.4) is 0 Å². The number of carbonyl (C=O) groups is 2. The Bertz CT molecular complexity index is 462. The summed E-state index contributed by atoms with van der Waals surface area (Å²) in [5.41, 5.74) is 0. The molecule has 0 aromatic carbocycles. The summed E-state index contributed by atoms with van der Waals surface area (Å²) in [4.78, 5) is 23.2. The molecule has 0 aliphatic carbocycles. The van der Waals surface area contributed by atoms with E-state index in [-0.39, 0.29) is 12.1 Å². The highest BCUT2D eigenvalue weighted by atomic mass is 16.5. The Labute approximate surface area is 232 Å². The number of hydrogen-bond acceptors (Lipinski definition) is 3. The lowest BCUT2D eigenvalue weighted by Crippen LogP contribution is -2.18. The predicted octanol–water partition coefficient (Wildman–Crippen LogP) is 11.4. The number of esters is 1. The van der Waals surface area contributed by atoms with Crippen LogP contribution >= 0.6 is 0 Å². The van der Waals surface area contributed by atoms with E-state index in [9.17, 15) is 9.59 Å². The fourth-order valence-corrected chi connectivity index (χ4v) is 5.25. The van der Waals surface area contributed by atoms with Crippen molar-refractivity contribution in [3.8, 4) is 0 Å². The Hall–Kier alpha value is -0.860. The third-order valence-electron chi connectivity index (χ3n) is 7.77. The van der Waals surface area contributed by atoms with Gasteiger partial charge in [0.2, 0.25) is 0 Å². The zero-order valence-electron chi connectivity index (χ0n) is 25.4. The lowest BCUT2D eigenvalue weighted by atomic mass is 10.0. The maximum Gasteiger partial charge on any atom is 0.306 e. The van der Waals surface area contributed by atoms with E-state index >= 15 is 0 Å². The van der Waals surface area contributed by atoms with Crippen LogP contribution in [0.2, 0.25) is 0 Å². The number of unbranched alkanes of at least 4 members (excludes halogenated alkanes) is 24. The Morgan fingerprint density at radius 1 is 0.514 bits per heavy atom. The monoisotopic (exact) mass is 523 g/mol. The van der Waals surface area contributed by atoms with Gasteiger partial charge in [0.05, 0.1) is 0 Å². The molecule has 0 aromatic heterocycles. The molecule has 0 saturated carbocycles. The van der Waals surface area contributed by atoms with Crippen molar-refractivity contribution in [3.05, 3.63) is 0 Å². The van der Waals surface area contributed by atoms with Crippen molar-refractivity contribution in [1.29, 1.82) is 0 Å². The van der Waals surface area contributed by atoms with Crippen LogP contribution in [0.4, 0.5) is 0 Å². The fourth-order valence-electron chi connectivity index (χ4n) is 5.25. The Balaban J connectivity index is 3.45. The number of aldehydes is 1. The van der Waals surface area contributed by atoms with Crippen LogP contribution in [-0.2, 0) is 14.3 Å². The molecule has 37 heavy (non-hydrogen) atoms. The summed E-state index contributed by atoms with van der Waals surface area (Å²) in [7, 11) is 0. The minimum atomic E-state index is -0.208. The van der Waals surface area contributed by atoms with E-state index in [1.54, 1.807) is 0 Å². The highest BCUT2D eigenvalue weighted by Gasteiger charge is 2.13. The lowest BCUT2D eigenvalue weighted by molar-refractivity contribution is -0.150. The van der Waals surface area contributed by atoms with Gasteiger partial charge in [-0.1, -0.05) is 168 Å². The van der Waals surface area contributed by atoms with Crippen LogP contribution in [0, 0.1) is 0 Å². The van der Waals surface area contributed by atoms with Gasteiger partial charge in [0.1, 0.15) is 12.4 Å².